The number of aryl methyl sites for hydroxylation is 1. The van der Waals surface area contributed by atoms with Gasteiger partial charge < -0.3 is 10.6 Å². The highest BCUT2D eigenvalue weighted by Crippen LogP contribution is 2.30. The third kappa shape index (κ3) is 3.52. The van der Waals surface area contributed by atoms with E-state index in [4.69, 9.17) is 0 Å². The Morgan fingerprint density at radius 3 is 2.20 bits per heavy atom. The first-order valence-corrected chi connectivity index (χ1v) is 6.57. The molecule has 2 aliphatic rings. The molecule has 1 saturated heterocycles. The molecule has 2 N–H and O–H groups in total. The molecule has 3 heteroatoms. The zero-order valence-corrected chi connectivity index (χ0v) is 9.78. The second-order valence-corrected chi connectivity index (χ2v) is 4.84. The summed E-state index contributed by atoms with van der Waals surface area (Å²) in [5.74, 6) is 1.28. The van der Waals surface area contributed by atoms with Gasteiger partial charge in [0.2, 0.25) is 0 Å². The van der Waals surface area contributed by atoms with Crippen LogP contribution in [0.4, 0.5) is 0 Å². The van der Waals surface area contributed by atoms with E-state index in [-0.39, 0.29) is 0 Å². The van der Waals surface area contributed by atoms with Crippen LogP contribution in [0.1, 0.15) is 5.56 Å². The number of thioether (sulfide) groups is 1. The maximum atomic E-state index is 3.22. The van der Waals surface area contributed by atoms with E-state index in [9.17, 15) is 0 Å². The van der Waals surface area contributed by atoms with Crippen molar-refractivity contribution in [3.05, 3.63) is 29.8 Å². The molecule has 1 aromatic carbocycles. The zero-order chi connectivity index (χ0) is 10.3. The second-order valence-electron chi connectivity index (χ2n) is 3.71. The molecule has 0 saturated carbocycles. The van der Waals surface area contributed by atoms with Gasteiger partial charge in [0.05, 0.1) is 0 Å². The van der Waals surface area contributed by atoms with E-state index in [1.807, 2.05) is 11.8 Å². The third-order valence-corrected chi connectivity index (χ3v) is 3.68. The number of piperazine rings is 1. The number of benzene rings is 1. The summed E-state index contributed by atoms with van der Waals surface area (Å²) in [5, 5.41) is 6.44. The predicted octanol–water partition coefficient (Wildman–Crippen LogP) is 1.51. The molecule has 0 aliphatic carbocycles. The number of hydrogen-bond donors (Lipinski definition) is 2. The zero-order valence-electron chi connectivity index (χ0n) is 8.96. The van der Waals surface area contributed by atoms with Gasteiger partial charge >= 0.3 is 0 Å². The van der Waals surface area contributed by atoms with E-state index in [0.717, 1.165) is 26.2 Å². The largest absolute Gasteiger partial charge is 0.314 e. The van der Waals surface area contributed by atoms with Crippen molar-refractivity contribution in [2.75, 3.05) is 31.9 Å². The first-order chi connectivity index (χ1) is 7.47. The maximum Gasteiger partial charge on any atom is 0.0104 e. The van der Waals surface area contributed by atoms with E-state index < -0.39 is 0 Å². The quantitative estimate of drug-likeness (QED) is 0.696. The van der Waals surface area contributed by atoms with Crippen LogP contribution in [-0.4, -0.2) is 31.9 Å². The van der Waals surface area contributed by atoms with Crippen LogP contribution < -0.4 is 10.6 Å². The van der Waals surface area contributed by atoms with Crippen molar-refractivity contribution in [1.82, 2.24) is 10.6 Å². The Kier molecular flexibility index (Phi) is 4.51. The van der Waals surface area contributed by atoms with Gasteiger partial charge in [-0.25, -0.2) is 0 Å². The van der Waals surface area contributed by atoms with Gasteiger partial charge in [-0.05, 0) is 18.1 Å². The van der Waals surface area contributed by atoms with Crippen LogP contribution in [0.3, 0.4) is 0 Å². The molecule has 0 unspecified atom stereocenters. The van der Waals surface area contributed by atoms with E-state index in [2.05, 4.69) is 34.9 Å². The minimum atomic E-state index is 1.14. The maximum absolute atomic E-state index is 3.22. The summed E-state index contributed by atoms with van der Waals surface area (Å²) in [6.45, 7) is 4.56. The van der Waals surface area contributed by atoms with Crippen molar-refractivity contribution in [1.29, 1.82) is 0 Å². The summed E-state index contributed by atoms with van der Waals surface area (Å²) in [4.78, 5) is 1.48. The van der Waals surface area contributed by atoms with Crippen LogP contribution in [0.15, 0.2) is 29.2 Å². The average molecular weight is 222 g/mol. The van der Waals surface area contributed by atoms with Crippen molar-refractivity contribution in [3.63, 3.8) is 0 Å². The highest BCUT2D eigenvalue weighted by atomic mass is 32.2. The Labute approximate surface area is 95.8 Å². The van der Waals surface area contributed by atoms with Crippen molar-refractivity contribution >= 4 is 11.8 Å². The van der Waals surface area contributed by atoms with Crippen molar-refractivity contribution in [2.24, 2.45) is 0 Å². The van der Waals surface area contributed by atoms with Gasteiger partial charge in [0, 0.05) is 36.8 Å². The topological polar surface area (TPSA) is 24.1 Å². The summed E-state index contributed by atoms with van der Waals surface area (Å²) in [6.07, 6.45) is 1.26. The van der Waals surface area contributed by atoms with Gasteiger partial charge in [0.25, 0.3) is 0 Å². The molecule has 0 amide bonds. The van der Waals surface area contributed by atoms with Gasteiger partial charge in [-0.3, -0.25) is 0 Å². The molecular weight excluding hydrogens is 204 g/mol. The first-order valence-electron chi connectivity index (χ1n) is 5.59. The van der Waals surface area contributed by atoms with Crippen LogP contribution in [0.2, 0.25) is 0 Å². The van der Waals surface area contributed by atoms with Crippen molar-refractivity contribution in [3.8, 4) is 0 Å². The molecule has 2 heterocycles. The Balaban J connectivity index is 0.000000124. The smallest absolute Gasteiger partial charge is 0.0104 e. The minimum absolute atomic E-state index is 1.14. The first kappa shape index (κ1) is 11.0. The second kappa shape index (κ2) is 6.16. The fourth-order valence-corrected chi connectivity index (χ4v) is 2.80. The summed E-state index contributed by atoms with van der Waals surface area (Å²) >= 11 is 1.97. The van der Waals surface area contributed by atoms with Gasteiger partial charge in [-0.15, -0.1) is 11.8 Å². The lowest BCUT2D eigenvalue weighted by atomic mass is 10.2. The van der Waals surface area contributed by atoms with Crippen molar-refractivity contribution in [2.45, 2.75) is 11.3 Å². The molecule has 0 bridgehead atoms. The molecule has 0 atom stereocenters. The molecule has 1 aromatic rings. The summed E-state index contributed by atoms with van der Waals surface area (Å²) in [6, 6.07) is 8.64. The van der Waals surface area contributed by atoms with Gasteiger partial charge in [-0.2, -0.15) is 0 Å². The lowest BCUT2D eigenvalue weighted by Crippen LogP contribution is -2.39. The lowest BCUT2D eigenvalue weighted by molar-refractivity contribution is 0.534. The van der Waals surface area contributed by atoms with Gasteiger partial charge in [0.1, 0.15) is 0 Å². The molecule has 0 aromatic heterocycles. The third-order valence-electron chi connectivity index (χ3n) is 2.56. The Morgan fingerprint density at radius 1 is 0.933 bits per heavy atom. The van der Waals surface area contributed by atoms with Crippen LogP contribution >= 0.6 is 11.8 Å². The Hall–Kier alpha value is -0.510. The monoisotopic (exact) mass is 222 g/mol. The number of rotatable bonds is 0. The molecule has 2 aliphatic heterocycles. The molecular formula is C12H18N2S. The van der Waals surface area contributed by atoms with Crippen LogP contribution in [0.5, 0.6) is 0 Å². The predicted molar refractivity (Wildman–Crippen MR) is 66.6 cm³/mol. The SMILES string of the molecule is C1CNCCN1.c1ccc2c(c1)CCS2. The molecule has 3 rings (SSSR count). The van der Waals surface area contributed by atoms with Gasteiger partial charge in [-0.1, -0.05) is 18.2 Å². The highest BCUT2D eigenvalue weighted by Gasteiger charge is 2.07. The molecule has 2 nitrogen and oxygen atoms in total. The van der Waals surface area contributed by atoms with Gasteiger partial charge in [0.15, 0.2) is 0 Å². The van der Waals surface area contributed by atoms with Crippen LogP contribution in [0.25, 0.3) is 0 Å². The molecule has 15 heavy (non-hydrogen) atoms. The number of nitrogens with one attached hydrogen (secondary N) is 2. The van der Waals surface area contributed by atoms with Crippen LogP contribution in [0, 0.1) is 0 Å². The summed E-state index contributed by atoms with van der Waals surface area (Å²) in [5.41, 5.74) is 1.53. The van der Waals surface area contributed by atoms with E-state index in [1.165, 1.54) is 22.6 Å². The standard InChI is InChI=1S/C8H8S.C4H10N2/c1-2-4-8-7(3-1)5-6-9-8;1-2-6-4-3-5-1/h1-4H,5-6H2;5-6H,1-4H2. The molecule has 0 radical (unpaired) electrons. The van der Waals surface area contributed by atoms with E-state index in [0.29, 0.717) is 0 Å². The fraction of sp³-hybridized carbons (Fsp3) is 0.500. The number of fused-ring (bicyclic) bond motifs is 1. The average Bonchev–Trinajstić information content (AvgIpc) is 2.80. The minimum Gasteiger partial charge on any atom is -0.314 e. The molecule has 0 spiro atoms. The van der Waals surface area contributed by atoms with E-state index in [1.54, 1.807) is 0 Å². The number of hydrogen-bond acceptors (Lipinski definition) is 3. The Bertz CT molecular complexity index is 263. The summed E-state index contributed by atoms with van der Waals surface area (Å²) in [7, 11) is 0. The lowest BCUT2D eigenvalue weighted by Gasteiger charge is -2.11. The fourth-order valence-electron chi connectivity index (χ4n) is 1.73. The van der Waals surface area contributed by atoms with E-state index >= 15 is 0 Å². The molecule has 82 valence electrons. The molecule has 1 fully saturated rings. The van der Waals surface area contributed by atoms with Crippen LogP contribution in [-0.2, 0) is 6.42 Å². The summed E-state index contributed by atoms with van der Waals surface area (Å²) < 4.78 is 0. The van der Waals surface area contributed by atoms with Crippen molar-refractivity contribution < 1.29 is 0 Å². The normalized spacial score (nSPS) is 18.9. The highest BCUT2D eigenvalue weighted by molar-refractivity contribution is 7.99. The Morgan fingerprint density at radius 2 is 1.60 bits per heavy atom.